The number of nitrogens with zero attached hydrogens (tertiary/aromatic N) is 2. The monoisotopic (exact) mass is 475 g/mol. The summed E-state index contributed by atoms with van der Waals surface area (Å²) in [6.45, 7) is 8.39. The van der Waals surface area contributed by atoms with Crippen LogP contribution in [-0.2, 0) is 9.53 Å². The molecule has 8 heteroatoms. The summed E-state index contributed by atoms with van der Waals surface area (Å²) < 4.78 is 17.7. The Morgan fingerprint density at radius 1 is 1.35 bits per heavy atom. The van der Waals surface area contributed by atoms with Crippen LogP contribution in [0.2, 0.25) is 0 Å². The van der Waals surface area contributed by atoms with Crippen molar-refractivity contribution in [2.45, 2.75) is 20.3 Å². The number of hydrazone groups is 1. The molecular weight excluding hydrogens is 449 g/mol. The number of hydrogen-bond donors (Lipinski definition) is 1. The molecule has 144 valence electrons. The number of hydrogen-bond acceptors (Lipinski definition) is 6. The maximum absolute atomic E-state index is 12.0. The average molecular weight is 475 g/mol. The zero-order chi connectivity index (χ0) is 18.8. The van der Waals surface area contributed by atoms with Crippen molar-refractivity contribution in [1.82, 2.24) is 10.3 Å². The van der Waals surface area contributed by atoms with Crippen LogP contribution in [0.3, 0.4) is 0 Å². The Morgan fingerprint density at radius 3 is 2.81 bits per heavy atom. The van der Waals surface area contributed by atoms with E-state index >= 15 is 0 Å². The van der Waals surface area contributed by atoms with Crippen molar-refractivity contribution in [3.63, 3.8) is 0 Å². The molecule has 0 aromatic heterocycles. The second kappa shape index (κ2) is 11.3. The molecule has 7 nitrogen and oxygen atoms in total. The Morgan fingerprint density at radius 2 is 2.12 bits per heavy atom. The van der Waals surface area contributed by atoms with Gasteiger partial charge in [-0.25, -0.2) is 5.43 Å². The highest BCUT2D eigenvalue weighted by atomic mass is 127. The number of benzene rings is 1. The summed E-state index contributed by atoms with van der Waals surface area (Å²) in [5, 5.41) is 4.06. The topological polar surface area (TPSA) is 72.4 Å². The van der Waals surface area contributed by atoms with Crippen LogP contribution in [0.5, 0.6) is 11.5 Å². The predicted molar refractivity (Wildman–Crippen MR) is 109 cm³/mol. The largest absolute Gasteiger partial charge is 0.490 e. The fraction of sp³-hybridized carbons (Fsp3) is 0.556. The Bertz CT molecular complexity index is 619. The first-order chi connectivity index (χ1) is 12.6. The van der Waals surface area contributed by atoms with Gasteiger partial charge in [-0.05, 0) is 53.6 Å². The summed E-state index contributed by atoms with van der Waals surface area (Å²) in [6, 6.07) is 3.82. The Balaban J connectivity index is 1.96. The molecule has 1 fully saturated rings. The van der Waals surface area contributed by atoms with Crippen molar-refractivity contribution in [3.05, 3.63) is 21.3 Å². The summed E-state index contributed by atoms with van der Waals surface area (Å²) in [7, 11) is 0. The van der Waals surface area contributed by atoms with E-state index in [9.17, 15) is 4.79 Å². The normalized spacial score (nSPS) is 15.2. The van der Waals surface area contributed by atoms with Crippen LogP contribution < -0.4 is 14.9 Å². The molecule has 1 saturated heterocycles. The van der Waals surface area contributed by atoms with E-state index in [1.165, 1.54) is 0 Å². The molecule has 0 bridgehead atoms. The molecule has 0 aliphatic carbocycles. The minimum Gasteiger partial charge on any atom is -0.490 e. The van der Waals surface area contributed by atoms with E-state index in [0.717, 1.165) is 34.4 Å². The summed E-state index contributed by atoms with van der Waals surface area (Å²) in [5.74, 6) is 1.31. The van der Waals surface area contributed by atoms with Gasteiger partial charge in [-0.15, -0.1) is 0 Å². The molecule has 1 aromatic rings. The molecular formula is C18H26IN3O4. The van der Waals surface area contributed by atoms with Gasteiger partial charge in [0, 0.05) is 13.1 Å². The van der Waals surface area contributed by atoms with Crippen LogP contribution in [0.4, 0.5) is 0 Å². The van der Waals surface area contributed by atoms with Crippen molar-refractivity contribution in [2.24, 2.45) is 5.10 Å². The zero-order valence-corrected chi connectivity index (χ0v) is 17.5. The molecule has 0 spiro atoms. The van der Waals surface area contributed by atoms with E-state index in [2.05, 4.69) is 40.0 Å². The standard InChI is InChI=1S/C18H26IN3O4/c1-3-7-26-18-15(19)10-14(11-16(18)25-4-2)12-20-21-17(23)13-22-5-8-24-9-6-22/h10-12H,3-9,13H2,1-2H3,(H,21,23)/b20-12+. The van der Waals surface area contributed by atoms with Crippen LogP contribution >= 0.6 is 22.6 Å². The van der Waals surface area contributed by atoms with Gasteiger partial charge < -0.3 is 14.2 Å². The number of nitrogens with one attached hydrogen (secondary N) is 1. The number of ether oxygens (including phenoxy) is 3. The lowest BCUT2D eigenvalue weighted by molar-refractivity contribution is -0.123. The molecule has 1 aliphatic rings. The quantitative estimate of drug-likeness (QED) is 0.337. The first kappa shape index (κ1) is 20.9. The average Bonchev–Trinajstić information content (AvgIpc) is 2.62. The molecule has 1 aliphatic heterocycles. The molecule has 0 saturated carbocycles. The second-order valence-electron chi connectivity index (χ2n) is 5.79. The smallest absolute Gasteiger partial charge is 0.254 e. The van der Waals surface area contributed by atoms with E-state index in [1.54, 1.807) is 6.21 Å². The maximum Gasteiger partial charge on any atom is 0.254 e. The Labute approximate surface area is 168 Å². The van der Waals surface area contributed by atoms with Gasteiger partial charge in [-0.2, -0.15) is 5.10 Å². The van der Waals surface area contributed by atoms with Gasteiger partial charge in [0.05, 0.1) is 42.8 Å². The highest BCUT2D eigenvalue weighted by molar-refractivity contribution is 14.1. The molecule has 26 heavy (non-hydrogen) atoms. The van der Waals surface area contributed by atoms with E-state index in [-0.39, 0.29) is 5.91 Å². The van der Waals surface area contributed by atoms with Crippen LogP contribution in [0.1, 0.15) is 25.8 Å². The van der Waals surface area contributed by atoms with Crippen LogP contribution in [0.25, 0.3) is 0 Å². The third kappa shape index (κ3) is 6.73. The van der Waals surface area contributed by atoms with E-state index < -0.39 is 0 Å². The maximum atomic E-state index is 12.0. The molecule has 0 unspecified atom stereocenters. The summed E-state index contributed by atoms with van der Waals surface area (Å²) in [5.41, 5.74) is 3.41. The fourth-order valence-corrected chi connectivity index (χ4v) is 3.23. The molecule has 1 heterocycles. The number of amides is 1. The van der Waals surface area contributed by atoms with Crippen LogP contribution in [0.15, 0.2) is 17.2 Å². The van der Waals surface area contributed by atoms with Gasteiger partial charge in [-0.3, -0.25) is 9.69 Å². The number of halogens is 1. The summed E-state index contributed by atoms with van der Waals surface area (Å²) >= 11 is 2.22. The highest BCUT2D eigenvalue weighted by Gasteiger charge is 2.14. The van der Waals surface area contributed by atoms with Crippen molar-refractivity contribution < 1.29 is 19.0 Å². The summed E-state index contributed by atoms with van der Waals surface area (Å²) in [6.07, 6.45) is 2.55. The van der Waals surface area contributed by atoms with Crippen molar-refractivity contribution in [3.8, 4) is 11.5 Å². The Kier molecular flexibility index (Phi) is 9.13. The number of morpholine rings is 1. The van der Waals surface area contributed by atoms with Gasteiger partial charge in [0.25, 0.3) is 5.91 Å². The molecule has 0 radical (unpaired) electrons. The zero-order valence-electron chi connectivity index (χ0n) is 15.3. The number of rotatable bonds is 9. The van der Waals surface area contributed by atoms with E-state index in [1.807, 2.05) is 24.0 Å². The third-order valence-corrected chi connectivity index (χ3v) is 4.46. The lowest BCUT2D eigenvalue weighted by Crippen LogP contribution is -2.42. The van der Waals surface area contributed by atoms with Crippen molar-refractivity contribution in [1.29, 1.82) is 0 Å². The van der Waals surface area contributed by atoms with Crippen molar-refractivity contribution >= 4 is 34.7 Å². The van der Waals surface area contributed by atoms with E-state index in [0.29, 0.717) is 38.7 Å². The number of carbonyl (C=O) groups excluding carboxylic acids is 1. The summed E-state index contributed by atoms with van der Waals surface area (Å²) in [4.78, 5) is 14.0. The molecule has 1 aromatic carbocycles. The Hall–Kier alpha value is -1.39. The molecule has 1 amide bonds. The van der Waals surface area contributed by atoms with Crippen molar-refractivity contribution in [2.75, 3.05) is 46.1 Å². The fourth-order valence-electron chi connectivity index (χ4n) is 2.45. The first-order valence-electron chi connectivity index (χ1n) is 8.85. The lowest BCUT2D eigenvalue weighted by atomic mass is 10.2. The molecule has 1 N–H and O–H groups in total. The van der Waals surface area contributed by atoms with Gasteiger partial charge in [0.1, 0.15) is 0 Å². The van der Waals surface area contributed by atoms with Gasteiger partial charge in [-0.1, -0.05) is 6.92 Å². The SMILES string of the molecule is CCCOc1c(I)cc(/C=N/NC(=O)CN2CCOCC2)cc1OCC. The molecule has 2 rings (SSSR count). The lowest BCUT2D eigenvalue weighted by Gasteiger charge is -2.25. The van der Waals surface area contributed by atoms with Crippen LogP contribution in [0, 0.1) is 3.57 Å². The van der Waals surface area contributed by atoms with Crippen LogP contribution in [-0.4, -0.2) is 63.1 Å². The van der Waals surface area contributed by atoms with Gasteiger partial charge >= 0.3 is 0 Å². The van der Waals surface area contributed by atoms with Gasteiger partial charge in [0.2, 0.25) is 0 Å². The minimum absolute atomic E-state index is 0.134. The minimum atomic E-state index is -0.134. The predicted octanol–water partition coefficient (Wildman–Crippen LogP) is 2.26. The number of carbonyl (C=O) groups is 1. The van der Waals surface area contributed by atoms with Gasteiger partial charge in [0.15, 0.2) is 11.5 Å². The third-order valence-electron chi connectivity index (χ3n) is 3.66. The second-order valence-corrected chi connectivity index (χ2v) is 6.96. The first-order valence-corrected chi connectivity index (χ1v) is 9.93. The van der Waals surface area contributed by atoms with E-state index in [4.69, 9.17) is 14.2 Å². The highest BCUT2D eigenvalue weighted by Crippen LogP contribution is 2.34. The molecule has 0 atom stereocenters.